The van der Waals surface area contributed by atoms with Crippen molar-refractivity contribution in [1.82, 2.24) is 20.3 Å². The van der Waals surface area contributed by atoms with Crippen LogP contribution in [0, 0.1) is 12.8 Å². The van der Waals surface area contributed by atoms with Crippen molar-refractivity contribution in [3.05, 3.63) is 66.4 Å². The van der Waals surface area contributed by atoms with Crippen molar-refractivity contribution < 1.29 is 9.53 Å². The Bertz CT molecular complexity index is 952. The Morgan fingerprint density at radius 1 is 1.14 bits per heavy atom. The number of carbonyl (C=O) groups excluding carboxylic acids is 1. The number of nitrogens with one attached hydrogen (secondary N) is 1. The maximum absolute atomic E-state index is 12.1. The lowest BCUT2D eigenvalue weighted by Crippen LogP contribution is -2.30. The predicted octanol–water partition coefficient (Wildman–Crippen LogP) is 3.17. The van der Waals surface area contributed by atoms with Crippen LogP contribution in [0.4, 0.5) is 0 Å². The molecule has 0 unspecified atom stereocenters. The van der Waals surface area contributed by atoms with Crippen LogP contribution in [-0.4, -0.2) is 34.1 Å². The average molecular weight is 374 g/mol. The second-order valence-electron chi connectivity index (χ2n) is 6.89. The summed E-state index contributed by atoms with van der Waals surface area (Å²) in [6.45, 7) is 3.59. The van der Waals surface area contributed by atoms with Gasteiger partial charge >= 0.3 is 0 Å². The Hall–Kier alpha value is -3.12. The van der Waals surface area contributed by atoms with Gasteiger partial charge in [-0.1, -0.05) is 24.3 Å². The molecule has 6 nitrogen and oxygen atoms in total. The van der Waals surface area contributed by atoms with Gasteiger partial charge in [-0.05, 0) is 36.6 Å². The molecule has 0 saturated carbocycles. The summed E-state index contributed by atoms with van der Waals surface area (Å²) in [6.07, 6.45) is 6.18. The molecule has 1 aromatic carbocycles. The van der Waals surface area contributed by atoms with E-state index >= 15 is 0 Å². The number of benzene rings is 1. The van der Waals surface area contributed by atoms with Crippen molar-refractivity contribution in [3.63, 3.8) is 0 Å². The van der Waals surface area contributed by atoms with Crippen molar-refractivity contribution in [2.45, 2.75) is 19.9 Å². The van der Waals surface area contributed by atoms with E-state index in [-0.39, 0.29) is 11.8 Å². The molecule has 4 rings (SSSR count). The highest BCUT2D eigenvalue weighted by molar-refractivity contribution is 5.80. The van der Waals surface area contributed by atoms with E-state index in [2.05, 4.69) is 20.3 Å². The quantitative estimate of drug-likeness (QED) is 0.742. The summed E-state index contributed by atoms with van der Waals surface area (Å²) in [7, 11) is 0. The molecule has 28 heavy (non-hydrogen) atoms. The Morgan fingerprint density at radius 2 is 1.93 bits per heavy atom. The first-order valence-electron chi connectivity index (χ1n) is 9.39. The molecule has 2 aromatic heterocycles. The number of hydrogen-bond donors (Lipinski definition) is 1. The van der Waals surface area contributed by atoms with Gasteiger partial charge < -0.3 is 10.1 Å². The molecule has 3 heterocycles. The third-order valence-corrected chi connectivity index (χ3v) is 4.90. The standard InChI is InChI=1S/C22H22N4O2/c1-15-24-13-20(17-6-9-23-10-7-17)21(26-15)18-4-2-16(3-5-18)12-25-22(27)19-8-11-28-14-19/h2-7,9-10,13,19H,8,11-12,14H2,1H3,(H,25,27)/t19-/m1/s1. The minimum atomic E-state index is -0.0220. The molecular formula is C22H22N4O2. The highest BCUT2D eigenvalue weighted by Crippen LogP contribution is 2.29. The fraction of sp³-hybridized carbons (Fsp3) is 0.273. The maximum Gasteiger partial charge on any atom is 0.225 e. The smallest absolute Gasteiger partial charge is 0.225 e. The Balaban J connectivity index is 1.52. The van der Waals surface area contributed by atoms with Gasteiger partial charge in [0.1, 0.15) is 5.82 Å². The topological polar surface area (TPSA) is 77.0 Å². The first kappa shape index (κ1) is 18.3. The van der Waals surface area contributed by atoms with Crippen molar-refractivity contribution >= 4 is 5.91 Å². The van der Waals surface area contributed by atoms with Crippen molar-refractivity contribution in [3.8, 4) is 22.4 Å². The number of nitrogens with zero attached hydrogens (tertiary/aromatic N) is 3. The van der Waals surface area contributed by atoms with Crippen LogP contribution in [-0.2, 0) is 16.1 Å². The van der Waals surface area contributed by atoms with Gasteiger partial charge in [0.2, 0.25) is 5.91 Å². The fourth-order valence-electron chi connectivity index (χ4n) is 3.29. The molecule has 1 aliphatic heterocycles. The SMILES string of the molecule is Cc1ncc(-c2ccncc2)c(-c2ccc(CNC(=O)[C@@H]3CCOC3)cc2)n1. The molecule has 0 bridgehead atoms. The number of rotatable bonds is 5. The van der Waals surface area contributed by atoms with Crippen LogP contribution < -0.4 is 5.32 Å². The number of ether oxygens (including phenoxy) is 1. The summed E-state index contributed by atoms with van der Waals surface area (Å²) in [4.78, 5) is 25.2. The van der Waals surface area contributed by atoms with Gasteiger partial charge in [0.15, 0.2) is 0 Å². The van der Waals surface area contributed by atoms with Gasteiger partial charge in [0.25, 0.3) is 0 Å². The van der Waals surface area contributed by atoms with Crippen molar-refractivity contribution in [1.29, 1.82) is 0 Å². The number of aromatic nitrogens is 3. The summed E-state index contributed by atoms with van der Waals surface area (Å²) < 4.78 is 5.28. The summed E-state index contributed by atoms with van der Waals surface area (Å²) in [6, 6.07) is 12.0. The molecule has 1 aliphatic rings. The van der Waals surface area contributed by atoms with E-state index in [4.69, 9.17) is 4.74 Å². The zero-order valence-corrected chi connectivity index (χ0v) is 15.8. The monoisotopic (exact) mass is 374 g/mol. The van der Waals surface area contributed by atoms with Gasteiger partial charge in [-0.2, -0.15) is 0 Å². The zero-order valence-electron chi connectivity index (χ0n) is 15.8. The van der Waals surface area contributed by atoms with Crippen LogP contribution in [0.15, 0.2) is 55.0 Å². The van der Waals surface area contributed by atoms with E-state index in [0.717, 1.165) is 40.2 Å². The second kappa shape index (κ2) is 8.27. The molecule has 142 valence electrons. The molecule has 1 atom stereocenters. The van der Waals surface area contributed by atoms with Crippen molar-refractivity contribution in [2.75, 3.05) is 13.2 Å². The highest BCUT2D eigenvalue weighted by Gasteiger charge is 2.23. The third-order valence-electron chi connectivity index (χ3n) is 4.90. The van der Waals surface area contributed by atoms with Crippen LogP contribution in [0.25, 0.3) is 22.4 Å². The summed E-state index contributed by atoms with van der Waals surface area (Å²) in [5.41, 5.74) is 4.94. The van der Waals surface area contributed by atoms with Gasteiger partial charge in [-0.15, -0.1) is 0 Å². The molecule has 0 radical (unpaired) electrons. The lowest BCUT2D eigenvalue weighted by atomic mass is 10.0. The van der Waals surface area contributed by atoms with Crippen LogP contribution in [0.3, 0.4) is 0 Å². The molecular weight excluding hydrogens is 352 g/mol. The molecule has 1 N–H and O–H groups in total. The summed E-state index contributed by atoms with van der Waals surface area (Å²) in [5.74, 6) is 0.766. The molecule has 6 heteroatoms. The lowest BCUT2D eigenvalue weighted by molar-refractivity contribution is -0.125. The van der Waals surface area contributed by atoms with E-state index < -0.39 is 0 Å². The molecule has 0 aliphatic carbocycles. The first-order chi connectivity index (χ1) is 13.7. The lowest BCUT2D eigenvalue weighted by Gasteiger charge is -2.12. The Labute approximate surface area is 164 Å². The normalized spacial score (nSPS) is 16.1. The Morgan fingerprint density at radius 3 is 2.64 bits per heavy atom. The minimum Gasteiger partial charge on any atom is -0.381 e. The molecule has 1 saturated heterocycles. The van der Waals surface area contributed by atoms with Crippen LogP contribution in [0.2, 0.25) is 0 Å². The number of pyridine rings is 1. The van der Waals surface area contributed by atoms with Gasteiger partial charge in [-0.3, -0.25) is 9.78 Å². The predicted molar refractivity (Wildman–Crippen MR) is 106 cm³/mol. The number of amides is 1. The Kier molecular flexibility index (Phi) is 5.39. The van der Waals surface area contributed by atoms with E-state index in [1.54, 1.807) is 12.4 Å². The second-order valence-corrected chi connectivity index (χ2v) is 6.89. The molecule has 1 amide bonds. The number of hydrogen-bond acceptors (Lipinski definition) is 5. The molecule has 0 spiro atoms. The molecule has 1 fully saturated rings. The van der Waals surface area contributed by atoms with Gasteiger partial charge in [-0.25, -0.2) is 9.97 Å². The first-order valence-corrected chi connectivity index (χ1v) is 9.39. The van der Waals surface area contributed by atoms with Crippen LogP contribution >= 0.6 is 0 Å². The molecule has 3 aromatic rings. The summed E-state index contributed by atoms with van der Waals surface area (Å²) in [5, 5.41) is 2.99. The van der Waals surface area contributed by atoms with Gasteiger partial charge in [0, 0.05) is 42.9 Å². The van der Waals surface area contributed by atoms with E-state index in [1.807, 2.05) is 49.5 Å². The van der Waals surface area contributed by atoms with Gasteiger partial charge in [0.05, 0.1) is 18.2 Å². The third kappa shape index (κ3) is 4.07. The van der Waals surface area contributed by atoms with Crippen molar-refractivity contribution in [2.24, 2.45) is 5.92 Å². The number of carbonyl (C=O) groups is 1. The number of aryl methyl sites for hydroxylation is 1. The zero-order chi connectivity index (χ0) is 19.3. The largest absolute Gasteiger partial charge is 0.381 e. The van der Waals surface area contributed by atoms with E-state index in [0.29, 0.717) is 19.8 Å². The maximum atomic E-state index is 12.1. The van der Waals surface area contributed by atoms with E-state index in [9.17, 15) is 4.79 Å². The summed E-state index contributed by atoms with van der Waals surface area (Å²) >= 11 is 0. The average Bonchev–Trinajstić information content (AvgIpc) is 3.28. The fourth-order valence-corrected chi connectivity index (χ4v) is 3.29. The minimum absolute atomic E-state index is 0.0220. The van der Waals surface area contributed by atoms with Crippen LogP contribution in [0.5, 0.6) is 0 Å². The van der Waals surface area contributed by atoms with Crippen LogP contribution in [0.1, 0.15) is 17.8 Å². The van der Waals surface area contributed by atoms with E-state index in [1.165, 1.54) is 0 Å². The highest BCUT2D eigenvalue weighted by atomic mass is 16.5.